The maximum Gasteiger partial charge on any atom is 0.408 e. The Kier molecular flexibility index (Phi) is 12.2. The molecule has 14 heteroatoms. The van der Waals surface area contributed by atoms with Crippen molar-refractivity contribution in [3.8, 4) is 16.9 Å². The molecule has 1 heterocycles. The minimum Gasteiger partial charge on any atom is -0.494 e. The van der Waals surface area contributed by atoms with Crippen LogP contribution in [0.3, 0.4) is 0 Å². The summed E-state index contributed by atoms with van der Waals surface area (Å²) in [6, 6.07) is 9.35. The summed E-state index contributed by atoms with van der Waals surface area (Å²) in [7, 11) is -2.50. The molecular formula is C34H44FN3O8S2. The molecule has 0 aliphatic heterocycles. The summed E-state index contributed by atoms with van der Waals surface area (Å²) >= 11 is 0. The van der Waals surface area contributed by atoms with E-state index >= 15 is 0 Å². The molecular weight excluding hydrogens is 662 g/mol. The number of hydrogen-bond acceptors (Lipinski definition) is 8. The number of aryl methyl sites for hydroxylation is 2. The fraction of sp³-hybridized carbons (Fsp3) is 0.441. The summed E-state index contributed by atoms with van der Waals surface area (Å²) in [6.45, 7) is 12.4. The first-order valence-electron chi connectivity index (χ1n) is 15.2. The van der Waals surface area contributed by atoms with Crippen molar-refractivity contribution in [1.82, 2.24) is 14.6 Å². The topological polar surface area (TPSA) is 150 Å². The quantitative estimate of drug-likeness (QED) is 0.251. The molecule has 0 saturated heterocycles. The van der Waals surface area contributed by atoms with Crippen LogP contribution in [0.15, 0.2) is 53.5 Å². The molecule has 48 heavy (non-hydrogen) atoms. The summed E-state index contributed by atoms with van der Waals surface area (Å²) in [5, 5.41) is 2.54. The van der Waals surface area contributed by atoms with Crippen molar-refractivity contribution in [3.63, 3.8) is 0 Å². The largest absolute Gasteiger partial charge is 0.494 e. The number of ketones is 1. The van der Waals surface area contributed by atoms with Gasteiger partial charge in [0, 0.05) is 47.6 Å². The van der Waals surface area contributed by atoms with Crippen molar-refractivity contribution in [2.45, 2.75) is 71.2 Å². The van der Waals surface area contributed by atoms with E-state index in [1.807, 2.05) is 0 Å². The molecule has 0 saturated carbocycles. The van der Waals surface area contributed by atoms with Crippen LogP contribution in [0.25, 0.3) is 11.1 Å². The van der Waals surface area contributed by atoms with Gasteiger partial charge in [0.25, 0.3) is 5.56 Å². The lowest BCUT2D eigenvalue weighted by Gasteiger charge is -2.24. The van der Waals surface area contributed by atoms with Gasteiger partial charge in [-0.15, -0.1) is 0 Å². The van der Waals surface area contributed by atoms with E-state index in [0.29, 0.717) is 22.3 Å². The third-order valence-electron chi connectivity index (χ3n) is 7.15. The Hall–Kier alpha value is -3.88. The third-order valence-corrected chi connectivity index (χ3v) is 10.1. The predicted molar refractivity (Wildman–Crippen MR) is 185 cm³/mol. The van der Waals surface area contributed by atoms with Crippen LogP contribution >= 0.6 is 0 Å². The summed E-state index contributed by atoms with van der Waals surface area (Å²) in [4.78, 5) is 38.8. The second kappa shape index (κ2) is 15.1. The number of alkyl carbamates (subject to hydrolysis) is 1. The monoisotopic (exact) mass is 705 g/mol. The van der Waals surface area contributed by atoms with Crippen LogP contribution in [0.1, 0.15) is 81.6 Å². The molecule has 0 bridgehead atoms. The highest BCUT2D eigenvalue weighted by molar-refractivity contribution is 7.91. The Morgan fingerprint density at radius 2 is 1.69 bits per heavy atom. The van der Waals surface area contributed by atoms with Gasteiger partial charge in [0.15, 0.2) is 33.1 Å². The number of halogens is 1. The molecule has 2 aromatic carbocycles. The molecule has 1 amide bonds. The van der Waals surface area contributed by atoms with E-state index in [2.05, 4.69) is 10.0 Å². The molecule has 2 N–H and O–H groups in total. The number of rotatable bonds is 12. The van der Waals surface area contributed by atoms with Crippen molar-refractivity contribution in [2.24, 2.45) is 7.05 Å². The second-order valence-corrected chi connectivity index (χ2v) is 17.6. The average Bonchev–Trinajstić information content (AvgIpc) is 2.98. The number of pyridine rings is 1. The average molecular weight is 706 g/mol. The van der Waals surface area contributed by atoms with Gasteiger partial charge < -0.3 is 19.4 Å². The van der Waals surface area contributed by atoms with Crippen molar-refractivity contribution in [1.29, 1.82) is 0 Å². The number of sulfone groups is 1. The first kappa shape index (κ1) is 38.6. The Bertz CT molecular complexity index is 1880. The van der Waals surface area contributed by atoms with Gasteiger partial charge in [0.1, 0.15) is 0 Å². The molecule has 0 aliphatic carbocycles. The number of ether oxygens (including phenoxy) is 2. The molecule has 0 fully saturated rings. The van der Waals surface area contributed by atoms with Crippen molar-refractivity contribution < 1.29 is 36.1 Å². The van der Waals surface area contributed by atoms with Gasteiger partial charge in [-0.1, -0.05) is 18.2 Å². The maximum atomic E-state index is 14.2. The zero-order valence-corrected chi connectivity index (χ0v) is 30.4. The van der Waals surface area contributed by atoms with Crippen LogP contribution < -0.4 is 20.3 Å². The second-order valence-electron chi connectivity index (χ2n) is 13.5. The van der Waals surface area contributed by atoms with Crippen LogP contribution in [0, 0.1) is 5.82 Å². The van der Waals surface area contributed by atoms with E-state index in [4.69, 9.17) is 9.47 Å². The summed E-state index contributed by atoms with van der Waals surface area (Å²) in [5.74, 6) is -2.41. The van der Waals surface area contributed by atoms with E-state index in [0.717, 1.165) is 6.07 Å². The van der Waals surface area contributed by atoms with Crippen LogP contribution in [0.4, 0.5) is 9.18 Å². The number of aromatic nitrogens is 1. The molecule has 1 unspecified atom stereocenters. The van der Waals surface area contributed by atoms with Crippen LogP contribution in [0.2, 0.25) is 0 Å². The summed E-state index contributed by atoms with van der Waals surface area (Å²) in [5.41, 5.74) is 1.24. The molecule has 3 aromatic rings. The Balaban J connectivity index is 2.11. The van der Waals surface area contributed by atoms with Gasteiger partial charge in [-0.3, -0.25) is 9.59 Å². The van der Waals surface area contributed by atoms with E-state index in [9.17, 15) is 31.4 Å². The van der Waals surface area contributed by atoms with E-state index in [1.165, 1.54) is 29.9 Å². The number of nitrogens with zero attached hydrogens (tertiary/aromatic N) is 1. The van der Waals surface area contributed by atoms with Crippen molar-refractivity contribution >= 4 is 32.7 Å². The van der Waals surface area contributed by atoms with Crippen LogP contribution in [-0.4, -0.2) is 58.2 Å². The number of hydrogen-bond donors (Lipinski definition) is 2. The van der Waals surface area contributed by atoms with Crippen LogP contribution in [-0.2, 0) is 39.0 Å². The Morgan fingerprint density at radius 1 is 1.02 bits per heavy atom. The highest BCUT2D eigenvalue weighted by atomic mass is 32.2. The molecule has 0 spiro atoms. The summed E-state index contributed by atoms with van der Waals surface area (Å²) < 4.78 is 66.6. The molecule has 3 rings (SSSR count). The lowest BCUT2D eigenvalue weighted by atomic mass is 9.89. The Labute approximate surface area is 283 Å². The van der Waals surface area contributed by atoms with Gasteiger partial charge in [-0.25, -0.2) is 26.5 Å². The molecule has 2 atom stereocenters. The molecule has 1 aromatic heterocycles. The number of carbonyl (C=O) groups excluding carboxylic acids is 2. The van der Waals surface area contributed by atoms with Gasteiger partial charge in [-0.2, -0.15) is 0 Å². The normalized spacial score (nSPS) is 13.5. The molecule has 0 radical (unpaired) electrons. The third kappa shape index (κ3) is 10.3. The number of amides is 1. The number of nitrogens with one attached hydrogen (secondary N) is 2. The van der Waals surface area contributed by atoms with Crippen molar-refractivity contribution in [2.75, 3.05) is 18.8 Å². The zero-order chi connectivity index (χ0) is 36.2. The fourth-order valence-electron chi connectivity index (χ4n) is 4.57. The number of benzene rings is 2. The lowest BCUT2D eigenvalue weighted by Crippen LogP contribution is -2.41. The first-order valence-corrected chi connectivity index (χ1v) is 18.1. The lowest BCUT2D eigenvalue weighted by molar-refractivity contribution is 0.103. The highest BCUT2D eigenvalue weighted by Gasteiger charge is 2.26. The van der Waals surface area contributed by atoms with E-state index in [1.54, 1.807) is 79.9 Å². The van der Waals surface area contributed by atoms with Gasteiger partial charge in [0.2, 0.25) is 0 Å². The maximum absolute atomic E-state index is 14.2. The Morgan fingerprint density at radius 3 is 2.29 bits per heavy atom. The van der Waals surface area contributed by atoms with Gasteiger partial charge in [-0.05, 0) is 89.8 Å². The van der Waals surface area contributed by atoms with E-state index in [-0.39, 0.29) is 34.6 Å². The first-order chi connectivity index (χ1) is 22.1. The molecule has 262 valence electrons. The van der Waals surface area contributed by atoms with Crippen molar-refractivity contribution in [3.05, 3.63) is 87.1 Å². The fourth-order valence-corrected chi connectivity index (χ4v) is 6.32. The standard InChI is InChI=1S/C34H44FN3O8S2/c1-21(37-47(42)34(5,6)7)25-18-30(39)38(8)19-27(25)26-16-22(14-15-48(43,44)20-46-32(41)36-33(2,3)4)10-12-24(26)31(40)23-11-13-28(35)29(17-23)45-9/h10-13,16-19,21,37H,14-15,20H2,1-9H3,(H,36,41)/t21-,47?/m0/s1. The van der Waals surface area contributed by atoms with Gasteiger partial charge >= 0.3 is 6.09 Å². The SMILES string of the molecule is COc1cc(C(=O)c2ccc(CCS(=O)(=O)COC(=O)NC(C)(C)C)cc2-c2cn(C)c(=O)cc2[C@H](C)NS(=O)C(C)(C)C)ccc1F. The molecule has 0 aliphatic rings. The number of carbonyl (C=O) groups is 2. The highest BCUT2D eigenvalue weighted by Crippen LogP contribution is 2.33. The zero-order valence-electron chi connectivity index (χ0n) is 28.7. The molecule has 11 nitrogen and oxygen atoms in total. The number of methoxy groups -OCH3 is 1. The smallest absolute Gasteiger partial charge is 0.408 e. The predicted octanol–water partition coefficient (Wildman–Crippen LogP) is 4.98. The summed E-state index contributed by atoms with van der Waals surface area (Å²) in [6.07, 6.45) is 0.725. The van der Waals surface area contributed by atoms with Crippen LogP contribution in [0.5, 0.6) is 5.75 Å². The van der Waals surface area contributed by atoms with E-state index < -0.39 is 60.8 Å². The minimum absolute atomic E-state index is 0.0152. The van der Waals surface area contributed by atoms with Gasteiger partial charge in [0.05, 0.1) is 28.6 Å². The minimum atomic E-state index is -3.84.